The number of para-hydroxylation sites is 2. The second-order valence-electron chi connectivity index (χ2n) is 5.37. The van der Waals surface area contributed by atoms with Gasteiger partial charge in [-0.1, -0.05) is 19.1 Å². The van der Waals surface area contributed by atoms with Gasteiger partial charge in [-0.2, -0.15) is 0 Å². The molecule has 1 aromatic heterocycles. The van der Waals surface area contributed by atoms with Gasteiger partial charge in [0.2, 0.25) is 0 Å². The number of likely N-dealkylation sites (N-methyl/N-ethyl adjacent to an activating group) is 1. The molecule has 2 heterocycles. The van der Waals surface area contributed by atoms with E-state index in [2.05, 4.69) is 21.8 Å². The number of hydrogen-bond donors (Lipinski definition) is 0. The van der Waals surface area contributed by atoms with Gasteiger partial charge in [-0.25, -0.2) is 9.97 Å². The first-order chi connectivity index (χ1) is 10.2. The lowest BCUT2D eigenvalue weighted by atomic mass is 10.2. The molecule has 21 heavy (non-hydrogen) atoms. The lowest BCUT2D eigenvalue weighted by Crippen LogP contribution is -2.48. The summed E-state index contributed by atoms with van der Waals surface area (Å²) in [5.41, 5.74) is 2.80. The number of fused-ring (bicyclic) bond motifs is 1. The van der Waals surface area contributed by atoms with E-state index >= 15 is 0 Å². The van der Waals surface area contributed by atoms with Gasteiger partial charge < -0.3 is 9.80 Å². The minimum absolute atomic E-state index is 0.00139. The summed E-state index contributed by atoms with van der Waals surface area (Å²) in [6, 6.07) is 7.67. The van der Waals surface area contributed by atoms with Crippen molar-refractivity contribution in [2.45, 2.75) is 13.8 Å². The molecule has 1 aliphatic rings. The summed E-state index contributed by atoms with van der Waals surface area (Å²) in [6.07, 6.45) is 0. The molecule has 1 fully saturated rings. The molecule has 0 spiro atoms. The Labute approximate surface area is 124 Å². The lowest BCUT2D eigenvalue weighted by Gasteiger charge is -2.34. The first kappa shape index (κ1) is 13.9. The molecule has 1 aromatic carbocycles. The van der Waals surface area contributed by atoms with Crippen molar-refractivity contribution in [1.29, 1.82) is 0 Å². The molecule has 0 N–H and O–H groups in total. The third-order valence-corrected chi connectivity index (χ3v) is 4.05. The highest BCUT2D eigenvalue weighted by molar-refractivity contribution is 5.95. The van der Waals surface area contributed by atoms with E-state index in [9.17, 15) is 4.79 Å². The van der Waals surface area contributed by atoms with E-state index in [0.29, 0.717) is 11.4 Å². The summed E-state index contributed by atoms with van der Waals surface area (Å²) >= 11 is 0. The number of aromatic nitrogens is 2. The van der Waals surface area contributed by atoms with Crippen LogP contribution in [0.15, 0.2) is 24.3 Å². The fraction of sp³-hybridized carbons (Fsp3) is 0.438. The molecule has 1 saturated heterocycles. The summed E-state index contributed by atoms with van der Waals surface area (Å²) in [5.74, 6) is 0.00139. The van der Waals surface area contributed by atoms with Gasteiger partial charge in [0.25, 0.3) is 5.91 Å². The predicted octanol–water partition coefficient (Wildman–Crippen LogP) is 1.72. The zero-order valence-corrected chi connectivity index (χ0v) is 12.5. The third kappa shape index (κ3) is 2.74. The highest BCUT2D eigenvalue weighted by Gasteiger charge is 2.24. The second-order valence-corrected chi connectivity index (χ2v) is 5.37. The number of nitrogens with zero attached hydrogens (tertiary/aromatic N) is 4. The minimum atomic E-state index is 0.00139. The zero-order chi connectivity index (χ0) is 14.8. The average Bonchev–Trinajstić information content (AvgIpc) is 2.53. The number of hydrogen-bond acceptors (Lipinski definition) is 4. The predicted molar refractivity (Wildman–Crippen MR) is 82.3 cm³/mol. The largest absolute Gasteiger partial charge is 0.335 e. The van der Waals surface area contributed by atoms with Crippen LogP contribution in [0.1, 0.15) is 23.1 Å². The number of carbonyl (C=O) groups excluding carboxylic acids is 1. The van der Waals surface area contributed by atoms with Crippen molar-refractivity contribution in [1.82, 2.24) is 19.8 Å². The van der Waals surface area contributed by atoms with Crippen molar-refractivity contribution in [2.75, 3.05) is 32.7 Å². The summed E-state index contributed by atoms with van der Waals surface area (Å²) in [5, 5.41) is 0. The molecule has 0 unspecified atom stereocenters. The minimum Gasteiger partial charge on any atom is -0.335 e. The Kier molecular flexibility index (Phi) is 3.84. The number of aryl methyl sites for hydroxylation is 1. The van der Waals surface area contributed by atoms with Crippen LogP contribution >= 0.6 is 0 Å². The fourth-order valence-electron chi connectivity index (χ4n) is 2.71. The van der Waals surface area contributed by atoms with Crippen molar-refractivity contribution in [2.24, 2.45) is 0 Å². The molecule has 5 heteroatoms. The topological polar surface area (TPSA) is 49.3 Å². The third-order valence-electron chi connectivity index (χ3n) is 4.05. The summed E-state index contributed by atoms with van der Waals surface area (Å²) in [4.78, 5) is 25.9. The molecule has 1 aliphatic heterocycles. The van der Waals surface area contributed by atoms with Crippen molar-refractivity contribution < 1.29 is 4.79 Å². The Morgan fingerprint density at radius 1 is 1.10 bits per heavy atom. The first-order valence-corrected chi connectivity index (χ1v) is 7.44. The molecule has 5 nitrogen and oxygen atoms in total. The number of carbonyl (C=O) groups is 1. The Bertz CT molecular complexity index is 662. The Morgan fingerprint density at radius 3 is 2.33 bits per heavy atom. The Hall–Kier alpha value is -2.01. The summed E-state index contributed by atoms with van der Waals surface area (Å²) < 4.78 is 0. The summed E-state index contributed by atoms with van der Waals surface area (Å²) in [7, 11) is 0. The maximum atomic E-state index is 12.7. The molecular weight excluding hydrogens is 264 g/mol. The van der Waals surface area contributed by atoms with Gasteiger partial charge in [-0.3, -0.25) is 4.79 Å². The SMILES string of the molecule is CCN1CCN(C(=O)c2nc3ccccc3nc2C)CC1. The van der Waals surface area contributed by atoms with Crippen molar-refractivity contribution in [3.63, 3.8) is 0 Å². The molecule has 0 saturated carbocycles. The van der Waals surface area contributed by atoms with E-state index < -0.39 is 0 Å². The van der Waals surface area contributed by atoms with Crippen LogP contribution in [0.3, 0.4) is 0 Å². The van der Waals surface area contributed by atoms with Crippen molar-refractivity contribution in [3.8, 4) is 0 Å². The maximum absolute atomic E-state index is 12.7. The molecule has 110 valence electrons. The van der Waals surface area contributed by atoms with Gasteiger partial charge >= 0.3 is 0 Å². The second kappa shape index (κ2) is 5.77. The van der Waals surface area contributed by atoms with Crippen molar-refractivity contribution in [3.05, 3.63) is 35.7 Å². The highest BCUT2D eigenvalue weighted by atomic mass is 16.2. The van der Waals surface area contributed by atoms with Crippen LogP contribution in [-0.4, -0.2) is 58.4 Å². The van der Waals surface area contributed by atoms with Crippen molar-refractivity contribution >= 4 is 16.9 Å². The molecule has 0 radical (unpaired) electrons. The molecule has 1 amide bonds. The monoisotopic (exact) mass is 284 g/mol. The van der Waals surface area contributed by atoms with Crippen LogP contribution in [0.5, 0.6) is 0 Å². The zero-order valence-electron chi connectivity index (χ0n) is 12.5. The lowest BCUT2D eigenvalue weighted by molar-refractivity contribution is 0.0636. The number of piperazine rings is 1. The van der Waals surface area contributed by atoms with Crippen LogP contribution in [-0.2, 0) is 0 Å². The van der Waals surface area contributed by atoms with E-state index in [-0.39, 0.29) is 5.91 Å². The Balaban J connectivity index is 1.86. The molecular formula is C16H20N4O. The van der Waals surface area contributed by atoms with E-state index in [4.69, 9.17) is 0 Å². The van der Waals surface area contributed by atoms with Crippen LogP contribution in [0.25, 0.3) is 11.0 Å². The van der Waals surface area contributed by atoms with E-state index in [1.54, 1.807) is 0 Å². The van der Waals surface area contributed by atoms with Gasteiger partial charge in [0.05, 0.1) is 16.7 Å². The fourth-order valence-corrected chi connectivity index (χ4v) is 2.71. The molecule has 0 bridgehead atoms. The van der Waals surface area contributed by atoms with E-state index in [0.717, 1.165) is 43.8 Å². The maximum Gasteiger partial charge on any atom is 0.274 e. The van der Waals surface area contributed by atoms with E-state index in [1.807, 2.05) is 36.1 Å². The van der Waals surface area contributed by atoms with Gasteiger partial charge in [0.1, 0.15) is 5.69 Å². The van der Waals surface area contributed by atoms with Gasteiger partial charge in [-0.05, 0) is 25.6 Å². The average molecular weight is 284 g/mol. The van der Waals surface area contributed by atoms with Gasteiger partial charge in [0, 0.05) is 26.2 Å². The van der Waals surface area contributed by atoms with E-state index in [1.165, 1.54) is 0 Å². The first-order valence-electron chi connectivity index (χ1n) is 7.44. The molecule has 3 rings (SSSR count). The van der Waals surface area contributed by atoms with Crippen LogP contribution < -0.4 is 0 Å². The number of benzene rings is 1. The molecule has 2 aromatic rings. The summed E-state index contributed by atoms with van der Waals surface area (Å²) in [6.45, 7) is 8.44. The standard InChI is InChI=1S/C16H20N4O/c1-3-19-8-10-20(11-9-19)16(21)15-12(2)17-13-6-4-5-7-14(13)18-15/h4-7H,3,8-11H2,1-2H3. The van der Waals surface area contributed by atoms with Crippen LogP contribution in [0, 0.1) is 6.92 Å². The quantitative estimate of drug-likeness (QED) is 0.842. The number of rotatable bonds is 2. The highest BCUT2D eigenvalue weighted by Crippen LogP contribution is 2.15. The van der Waals surface area contributed by atoms with Crippen LogP contribution in [0.4, 0.5) is 0 Å². The van der Waals surface area contributed by atoms with Gasteiger partial charge in [0.15, 0.2) is 0 Å². The normalized spacial score (nSPS) is 16.4. The molecule has 0 aliphatic carbocycles. The Morgan fingerprint density at radius 2 is 1.71 bits per heavy atom. The smallest absolute Gasteiger partial charge is 0.274 e. The van der Waals surface area contributed by atoms with Gasteiger partial charge in [-0.15, -0.1) is 0 Å². The van der Waals surface area contributed by atoms with Crippen LogP contribution in [0.2, 0.25) is 0 Å². The molecule has 0 atom stereocenters. The number of amides is 1.